The van der Waals surface area contributed by atoms with Crippen LogP contribution in [-0.2, 0) is 0 Å². The molecule has 5 heteroatoms. The van der Waals surface area contributed by atoms with Crippen molar-refractivity contribution in [3.8, 4) is 0 Å². The van der Waals surface area contributed by atoms with Crippen molar-refractivity contribution in [2.24, 2.45) is 0 Å². The van der Waals surface area contributed by atoms with Crippen molar-refractivity contribution in [1.29, 1.82) is 0 Å². The number of carbonyl (C=O) groups excluding carboxylic acids is 1. The Morgan fingerprint density at radius 3 is 2.61 bits per heavy atom. The molecule has 1 aromatic heterocycles. The molecular weight excluding hydrogens is 294 g/mol. The highest BCUT2D eigenvalue weighted by molar-refractivity contribution is 9.09. The van der Waals surface area contributed by atoms with Crippen molar-refractivity contribution in [2.45, 2.75) is 19.4 Å². The summed E-state index contributed by atoms with van der Waals surface area (Å²) in [4.78, 5) is 20.4. The lowest BCUT2D eigenvalue weighted by atomic mass is 10.1. The van der Waals surface area contributed by atoms with E-state index in [0.29, 0.717) is 10.9 Å². The van der Waals surface area contributed by atoms with Gasteiger partial charge in [-0.15, -0.1) is 0 Å². The Hall–Kier alpha value is -1.49. The largest absolute Gasteiger partial charge is 0.346 e. The van der Waals surface area contributed by atoms with Crippen LogP contribution in [0.1, 0.15) is 24.2 Å². The Kier molecular flexibility index (Phi) is 3.61. The van der Waals surface area contributed by atoms with Gasteiger partial charge in [-0.1, -0.05) is 15.9 Å². The molecular formula is C13H14BrN3O. The van der Waals surface area contributed by atoms with E-state index < -0.39 is 0 Å². The first-order valence-electron chi connectivity index (χ1n) is 5.61. The number of fused-ring (bicyclic) bond motifs is 1. The molecule has 2 rings (SSSR count). The van der Waals surface area contributed by atoms with Crippen LogP contribution in [0.2, 0.25) is 0 Å². The predicted molar refractivity (Wildman–Crippen MR) is 74.9 cm³/mol. The summed E-state index contributed by atoms with van der Waals surface area (Å²) in [6, 6.07) is 5.32. The number of amides is 1. The maximum atomic E-state index is 12.1. The molecule has 0 bridgehead atoms. The molecule has 0 aliphatic heterocycles. The van der Waals surface area contributed by atoms with E-state index in [1.807, 2.05) is 13.8 Å². The number of rotatable bonds is 3. The van der Waals surface area contributed by atoms with E-state index >= 15 is 0 Å². The Labute approximate surface area is 114 Å². The lowest BCUT2D eigenvalue weighted by molar-refractivity contribution is 0.0921. The number of halogens is 1. The van der Waals surface area contributed by atoms with Crippen molar-refractivity contribution >= 4 is 32.9 Å². The fraction of sp³-hybridized carbons (Fsp3) is 0.308. The zero-order chi connectivity index (χ0) is 13.2. The Morgan fingerprint density at radius 1 is 1.28 bits per heavy atom. The van der Waals surface area contributed by atoms with Gasteiger partial charge >= 0.3 is 0 Å². The fourth-order valence-electron chi connectivity index (χ4n) is 1.52. The molecule has 4 nitrogen and oxygen atoms in total. The minimum atomic E-state index is -0.283. The molecule has 1 heterocycles. The summed E-state index contributed by atoms with van der Waals surface area (Å²) in [5, 5.41) is 3.65. The second-order valence-electron chi connectivity index (χ2n) is 4.73. The first-order chi connectivity index (χ1) is 8.52. The van der Waals surface area contributed by atoms with Crippen LogP contribution in [0.25, 0.3) is 11.0 Å². The SMILES string of the molecule is CC(C)(CBr)NC(=O)c1ccc2nccnc2c1. The fourth-order valence-corrected chi connectivity index (χ4v) is 1.66. The minimum Gasteiger partial charge on any atom is -0.346 e. The highest BCUT2D eigenvalue weighted by Gasteiger charge is 2.19. The van der Waals surface area contributed by atoms with E-state index in [9.17, 15) is 4.79 Å². The summed E-state index contributed by atoms with van der Waals surface area (Å²) in [7, 11) is 0. The molecule has 0 unspecified atom stereocenters. The van der Waals surface area contributed by atoms with Gasteiger partial charge in [-0.3, -0.25) is 14.8 Å². The van der Waals surface area contributed by atoms with Gasteiger partial charge in [-0.25, -0.2) is 0 Å². The third-order valence-corrected chi connectivity index (χ3v) is 3.92. The molecule has 0 aliphatic carbocycles. The van der Waals surface area contributed by atoms with Gasteiger partial charge in [-0.2, -0.15) is 0 Å². The topological polar surface area (TPSA) is 54.9 Å². The molecule has 0 fully saturated rings. The molecule has 1 N–H and O–H groups in total. The summed E-state index contributed by atoms with van der Waals surface area (Å²) in [5.74, 6) is -0.105. The van der Waals surface area contributed by atoms with Gasteiger partial charge in [0.05, 0.1) is 11.0 Å². The molecule has 0 saturated heterocycles. The van der Waals surface area contributed by atoms with Gasteiger partial charge in [0, 0.05) is 28.8 Å². The molecule has 0 spiro atoms. The summed E-state index contributed by atoms with van der Waals surface area (Å²) < 4.78 is 0. The zero-order valence-corrected chi connectivity index (χ0v) is 11.9. The number of hydrogen-bond acceptors (Lipinski definition) is 3. The van der Waals surface area contributed by atoms with Gasteiger partial charge in [0.25, 0.3) is 5.91 Å². The molecule has 0 radical (unpaired) electrons. The van der Waals surface area contributed by atoms with E-state index in [0.717, 1.165) is 11.0 Å². The van der Waals surface area contributed by atoms with E-state index in [-0.39, 0.29) is 11.4 Å². The third-order valence-electron chi connectivity index (χ3n) is 2.52. The van der Waals surface area contributed by atoms with Gasteiger partial charge in [0.1, 0.15) is 0 Å². The summed E-state index contributed by atoms with van der Waals surface area (Å²) in [6.45, 7) is 3.92. The summed E-state index contributed by atoms with van der Waals surface area (Å²) in [6.07, 6.45) is 3.25. The number of alkyl halides is 1. The normalized spacial score (nSPS) is 11.5. The highest BCUT2D eigenvalue weighted by Crippen LogP contribution is 2.13. The second kappa shape index (κ2) is 5.02. The first-order valence-corrected chi connectivity index (χ1v) is 6.73. The lowest BCUT2D eigenvalue weighted by Gasteiger charge is -2.23. The molecule has 0 atom stereocenters. The average Bonchev–Trinajstić information content (AvgIpc) is 2.37. The van der Waals surface area contributed by atoms with Crippen LogP contribution in [0.3, 0.4) is 0 Å². The number of aromatic nitrogens is 2. The van der Waals surface area contributed by atoms with Crippen LogP contribution in [0.4, 0.5) is 0 Å². The van der Waals surface area contributed by atoms with Gasteiger partial charge in [0.15, 0.2) is 0 Å². The Morgan fingerprint density at radius 2 is 1.94 bits per heavy atom. The first kappa shape index (κ1) is 13.0. The Bertz CT molecular complexity index is 583. The van der Waals surface area contributed by atoms with Crippen molar-refractivity contribution in [3.05, 3.63) is 36.2 Å². The predicted octanol–water partition coefficient (Wildman–Crippen LogP) is 2.53. The van der Waals surface area contributed by atoms with E-state index in [2.05, 4.69) is 31.2 Å². The lowest BCUT2D eigenvalue weighted by Crippen LogP contribution is -2.44. The molecule has 94 valence electrons. The monoisotopic (exact) mass is 307 g/mol. The number of hydrogen-bond donors (Lipinski definition) is 1. The van der Waals surface area contributed by atoms with E-state index in [1.54, 1.807) is 30.6 Å². The third kappa shape index (κ3) is 2.85. The summed E-state index contributed by atoms with van der Waals surface area (Å²) >= 11 is 3.37. The van der Waals surface area contributed by atoms with Crippen LogP contribution >= 0.6 is 15.9 Å². The molecule has 1 aromatic carbocycles. The van der Waals surface area contributed by atoms with E-state index in [1.165, 1.54) is 0 Å². The van der Waals surface area contributed by atoms with Crippen LogP contribution in [0, 0.1) is 0 Å². The van der Waals surface area contributed by atoms with Crippen molar-refractivity contribution in [2.75, 3.05) is 5.33 Å². The van der Waals surface area contributed by atoms with E-state index in [4.69, 9.17) is 0 Å². The van der Waals surface area contributed by atoms with Crippen molar-refractivity contribution in [3.63, 3.8) is 0 Å². The molecule has 1 amide bonds. The van der Waals surface area contributed by atoms with Crippen LogP contribution in [0.5, 0.6) is 0 Å². The van der Waals surface area contributed by atoms with Crippen molar-refractivity contribution in [1.82, 2.24) is 15.3 Å². The number of carbonyl (C=O) groups is 1. The maximum Gasteiger partial charge on any atom is 0.251 e. The molecule has 0 saturated carbocycles. The van der Waals surface area contributed by atoms with Gasteiger partial charge in [-0.05, 0) is 32.0 Å². The smallest absolute Gasteiger partial charge is 0.251 e. The highest BCUT2D eigenvalue weighted by atomic mass is 79.9. The number of nitrogens with zero attached hydrogens (tertiary/aromatic N) is 2. The van der Waals surface area contributed by atoms with Crippen LogP contribution < -0.4 is 5.32 Å². The molecule has 18 heavy (non-hydrogen) atoms. The van der Waals surface area contributed by atoms with Gasteiger partial charge < -0.3 is 5.32 Å². The molecule has 2 aromatic rings. The maximum absolute atomic E-state index is 12.1. The van der Waals surface area contributed by atoms with Gasteiger partial charge in [0.2, 0.25) is 0 Å². The number of benzene rings is 1. The van der Waals surface area contributed by atoms with Crippen LogP contribution in [-0.4, -0.2) is 26.7 Å². The average molecular weight is 308 g/mol. The number of nitrogens with one attached hydrogen (secondary N) is 1. The zero-order valence-electron chi connectivity index (χ0n) is 10.3. The second-order valence-corrected chi connectivity index (χ2v) is 5.29. The summed E-state index contributed by atoms with van der Waals surface area (Å²) in [5.41, 5.74) is 1.82. The minimum absolute atomic E-state index is 0.105. The Balaban J connectivity index is 2.28. The van der Waals surface area contributed by atoms with Crippen LogP contribution in [0.15, 0.2) is 30.6 Å². The molecule has 0 aliphatic rings. The van der Waals surface area contributed by atoms with Crippen molar-refractivity contribution < 1.29 is 4.79 Å². The quantitative estimate of drug-likeness (QED) is 0.887. The standard InChI is InChI=1S/C13H14BrN3O/c1-13(2,8-14)17-12(18)9-3-4-10-11(7-9)16-6-5-15-10/h3-7H,8H2,1-2H3,(H,17,18).